The minimum absolute atomic E-state index is 0.0562. The predicted octanol–water partition coefficient (Wildman–Crippen LogP) is 3.44. The molecule has 0 aliphatic carbocycles. The molecule has 1 saturated heterocycles. The monoisotopic (exact) mass is 256 g/mol. The Bertz CT molecular complexity index is 240. The van der Waals surface area contributed by atoms with E-state index in [1.54, 1.807) is 6.92 Å². The number of carbonyl (C=O) groups is 1. The molecule has 1 rings (SSSR count). The molecule has 1 heterocycles. The van der Waals surface area contributed by atoms with Crippen molar-refractivity contribution in [3.8, 4) is 0 Å². The van der Waals surface area contributed by atoms with Gasteiger partial charge in [0.25, 0.3) is 0 Å². The number of ether oxygens (including phenoxy) is 1. The smallest absolute Gasteiger partial charge is 0.311 e. The number of unbranched alkanes of at least 4 members (excludes halogenated alkanes) is 6. The lowest BCUT2D eigenvalue weighted by atomic mass is 9.93. The minimum Gasteiger partial charge on any atom is -0.462 e. The van der Waals surface area contributed by atoms with Crippen molar-refractivity contribution in [2.75, 3.05) is 0 Å². The number of cyclic esters (lactones) is 1. The highest BCUT2D eigenvalue weighted by molar-refractivity contribution is 5.73. The highest BCUT2D eigenvalue weighted by Gasteiger charge is 2.33. The van der Waals surface area contributed by atoms with Gasteiger partial charge in [-0.2, -0.15) is 0 Å². The van der Waals surface area contributed by atoms with Crippen molar-refractivity contribution in [3.63, 3.8) is 0 Å². The van der Waals surface area contributed by atoms with Gasteiger partial charge in [0.1, 0.15) is 6.10 Å². The van der Waals surface area contributed by atoms with Crippen LogP contribution in [0.5, 0.6) is 0 Å². The molecule has 18 heavy (non-hydrogen) atoms. The van der Waals surface area contributed by atoms with E-state index in [-0.39, 0.29) is 18.0 Å². The van der Waals surface area contributed by atoms with Crippen molar-refractivity contribution >= 4 is 5.97 Å². The van der Waals surface area contributed by atoms with Crippen LogP contribution in [0, 0.1) is 5.92 Å². The Morgan fingerprint density at radius 2 is 1.78 bits per heavy atom. The summed E-state index contributed by atoms with van der Waals surface area (Å²) in [5.41, 5.74) is 0. The van der Waals surface area contributed by atoms with Gasteiger partial charge in [0, 0.05) is 6.42 Å². The van der Waals surface area contributed by atoms with Gasteiger partial charge < -0.3 is 9.84 Å². The van der Waals surface area contributed by atoms with E-state index in [0.717, 1.165) is 12.8 Å². The summed E-state index contributed by atoms with van der Waals surface area (Å²) in [6.45, 7) is 3.96. The number of hydrogen-bond donors (Lipinski definition) is 1. The van der Waals surface area contributed by atoms with E-state index in [1.165, 1.54) is 38.5 Å². The molecule has 0 bridgehead atoms. The topological polar surface area (TPSA) is 46.5 Å². The van der Waals surface area contributed by atoms with Gasteiger partial charge >= 0.3 is 5.97 Å². The van der Waals surface area contributed by atoms with E-state index >= 15 is 0 Å². The number of aliphatic hydroxyl groups excluding tert-OH is 1. The van der Waals surface area contributed by atoms with Crippen LogP contribution in [0.25, 0.3) is 0 Å². The van der Waals surface area contributed by atoms with Crippen molar-refractivity contribution in [1.29, 1.82) is 0 Å². The van der Waals surface area contributed by atoms with Gasteiger partial charge in [0.05, 0.1) is 12.0 Å². The third-order valence-corrected chi connectivity index (χ3v) is 3.87. The lowest BCUT2D eigenvalue weighted by Crippen LogP contribution is -2.39. The first-order valence-electron chi connectivity index (χ1n) is 7.53. The van der Waals surface area contributed by atoms with E-state index in [9.17, 15) is 9.90 Å². The summed E-state index contributed by atoms with van der Waals surface area (Å²) in [6.07, 6.45) is 9.82. The van der Waals surface area contributed by atoms with Gasteiger partial charge in [-0.05, 0) is 19.8 Å². The largest absolute Gasteiger partial charge is 0.462 e. The normalized spacial score (nSPS) is 28.2. The number of esters is 1. The van der Waals surface area contributed by atoms with Crippen molar-refractivity contribution < 1.29 is 14.6 Å². The van der Waals surface area contributed by atoms with Gasteiger partial charge in [-0.1, -0.05) is 45.4 Å². The average Bonchev–Trinajstić information content (AvgIpc) is 2.34. The predicted molar refractivity (Wildman–Crippen MR) is 72.3 cm³/mol. The zero-order valence-corrected chi connectivity index (χ0v) is 11.9. The molecule has 3 heteroatoms. The second-order valence-electron chi connectivity index (χ2n) is 5.56. The van der Waals surface area contributed by atoms with Crippen LogP contribution in [-0.2, 0) is 9.53 Å². The molecule has 1 fully saturated rings. The first-order valence-corrected chi connectivity index (χ1v) is 7.53. The molecule has 0 saturated carbocycles. The molecular formula is C15H28O3. The fraction of sp³-hybridized carbons (Fsp3) is 0.933. The molecule has 106 valence electrons. The second-order valence-corrected chi connectivity index (χ2v) is 5.56. The Kier molecular flexibility index (Phi) is 7.33. The van der Waals surface area contributed by atoms with E-state index in [4.69, 9.17) is 4.74 Å². The molecule has 0 aromatic rings. The fourth-order valence-electron chi connectivity index (χ4n) is 2.46. The molecule has 0 aromatic heterocycles. The Balaban J connectivity index is 2.04. The average molecular weight is 256 g/mol. The molecule has 3 atom stereocenters. The summed E-state index contributed by atoms with van der Waals surface area (Å²) >= 11 is 0. The van der Waals surface area contributed by atoms with Crippen LogP contribution in [0.1, 0.15) is 71.6 Å². The van der Waals surface area contributed by atoms with Crippen LogP contribution >= 0.6 is 0 Å². The van der Waals surface area contributed by atoms with Crippen molar-refractivity contribution in [1.82, 2.24) is 0 Å². The standard InChI is InChI=1S/C15H28O3/c1-3-4-5-6-7-8-9-10-13-11-14(16)12(2)15(17)18-13/h12-14,16H,3-11H2,1-2H3. The Morgan fingerprint density at radius 3 is 2.39 bits per heavy atom. The summed E-state index contributed by atoms with van der Waals surface area (Å²) in [5.74, 6) is -0.586. The lowest BCUT2D eigenvalue weighted by molar-refractivity contribution is -0.169. The maximum Gasteiger partial charge on any atom is 0.311 e. The molecule has 0 aromatic carbocycles. The fourth-order valence-corrected chi connectivity index (χ4v) is 2.46. The summed E-state index contributed by atoms with van der Waals surface area (Å²) in [7, 11) is 0. The molecule has 0 spiro atoms. The maximum atomic E-state index is 11.4. The summed E-state index contributed by atoms with van der Waals surface area (Å²) in [5, 5.41) is 9.72. The third kappa shape index (κ3) is 5.38. The van der Waals surface area contributed by atoms with Crippen molar-refractivity contribution in [2.24, 2.45) is 5.92 Å². The Labute approximate surface area is 111 Å². The molecular weight excluding hydrogens is 228 g/mol. The molecule has 3 unspecified atom stereocenters. The Morgan fingerprint density at radius 1 is 1.17 bits per heavy atom. The van der Waals surface area contributed by atoms with Crippen LogP contribution in [0.4, 0.5) is 0 Å². The van der Waals surface area contributed by atoms with Crippen LogP contribution in [0.2, 0.25) is 0 Å². The van der Waals surface area contributed by atoms with Gasteiger partial charge in [-0.15, -0.1) is 0 Å². The minimum atomic E-state index is -0.513. The van der Waals surface area contributed by atoms with Gasteiger partial charge in [-0.25, -0.2) is 0 Å². The SMILES string of the molecule is CCCCCCCCCC1CC(O)C(C)C(=O)O1. The lowest BCUT2D eigenvalue weighted by Gasteiger charge is -2.30. The van der Waals surface area contributed by atoms with Gasteiger partial charge in [0.15, 0.2) is 0 Å². The number of rotatable bonds is 8. The van der Waals surface area contributed by atoms with E-state index in [0.29, 0.717) is 6.42 Å². The quantitative estimate of drug-likeness (QED) is 0.534. The molecule has 0 radical (unpaired) electrons. The second kappa shape index (κ2) is 8.52. The molecule has 3 nitrogen and oxygen atoms in total. The van der Waals surface area contributed by atoms with Crippen LogP contribution in [-0.4, -0.2) is 23.3 Å². The maximum absolute atomic E-state index is 11.4. The zero-order chi connectivity index (χ0) is 13.4. The third-order valence-electron chi connectivity index (χ3n) is 3.87. The summed E-state index contributed by atoms with van der Waals surface area (Å²) in [4.78, 5) is 11.4. The number of carbonyl (C=O) groups excluding carboxylic acids is 1. The first-order chi connectivity index (χ1) is 8.65. The zero-order valence-electron chi connectivity index (χ0n) is 11.9. The molecule has 0 amide bonds. The highest BCUT2D eigenvalue weighted by Crippen LogP contribution is 2.24. The van der Waals surface area contributed by atoms with Crippen LogP contribution < -0.4 is 0 Å². The Hall–Kier alpha value is -0.570. The van der Waals surface area contributed by atoms with E-state index < -0.39 is 6.10 Å². The molecule has 1 N–H and O–H groups in total. The summed E-state index contributed by atoms with van der Waals surface area (Å²) < 4.78 is 5.32. The van der Waals surface area contributed by atoms with E-state index in [1.807, 2.05) is 0 Å². The van der Waals surface area contributed by atoms with Crippen LogP contribution in [0.3, 0.4) is 0 Å². The molecule has 1 aliphatic rings. The number of hydrogen-bond acceptors (Lipinski definition) is 3. The first kappa shape index (κ1) is 15.5. The summed E-state index contributed by atoms with van der Waals surface area (Å²) in [6, 6.07) is 0. The van der Waals surface area contributed by atoms with Gasteiger partial charge in [0.2, 0.25) is 0 Å². The highest BCUT2D eigenvalue weighted by atomic mass is 16.5. The van der Waals surface area contributed by atoms with Crippen LogP contribution in [0.15, 0.2) is 0 Å². The number of aliphatic hydroxyl groups is 1. The van der Waals surface area contributed by atoms with E-state index in [2.05, 4.69) is 6.92 Å². The van der Waals surface area contributed by atoms with Crippen molar-refractivity contribution in [2.45, 2.75) is 83.8 Å². The van der Waals surface area contributed by atoms with Crippen molar-refractivity contribution in [3.05, 3.63) is 0 Å². The van der Waals surface area contributed by atoms with Gasteiger partial charge in [-0.3, -0.25) is 4.79 Å². The molecule has 1 aliphatic heterocycles.